The number of hydrogen-bond acceptors (Lipinski definition) is 4. The molecule has 6 nitrogen and oxygen atoms in total. The van der Waals surface area contributed by atoms with Crippen LogP contribution < -0.4 is 5.14 Å². The molecule has 0 radical (unpaired) electrons. The van der Waals surface area contributed by atoms with E-state index in [0.29, 0.717) is 12.0 Å². The number of nitro groups is 1. The number of rotatable bonds is 4. The third kappa shape index (κ3) is 4.25. The van der Waals surface area contributed by atoms with Gasteiger partial charge in [0.05, 0.1) is 9.82 Å². The van der Waals surface area contributed by atoms with Gasteiger partial charge in [0, 0.05) is 12.1 Å². The van der Waals surface area contributed by atoms with Crippen molar-refractivity contribution in [1.82, 2.24) is 0 Å². The lowest BCUT2D eigenvalue weighted by Crippen LogP contribution is -2.15. The predicted molar refractivity (Wildman–Crippen MR) is 70.3 cm³/mol. The summed E-state index contributed by atoms with van der Waals surface area (Å²) in [5.74, 6) is 0.178. The van der Waals surface area contributed by atoms with E-state index in [-0.39, 0.29) is 28.9 Å². The maximum atomic E-state index is 11.3. The molecule has 0 saturated carbocycles. The Labute approximate surface area is 112 Å². The Morgan fingerprint density at radius 2 is 1.94 bits per heavy atom. The van der Waals surface area contributed by atoms with E-state index in [2.05, 4.69) is 0 Å². The molecule has 8 heteroatoms. The third-order valence-corrected chi connectivity index (χ3v) is 3.20. The summed E-state index contributed by atoms with van der Waals surface area (Å²) in [7, 11) is -3.84. The van der Waals surface area contributed by atoms with Gasteiger partial charge in [-0.15, -0.1) is 12.4 Å². The molecule has 0 aliphatic heterocycles. The second-order valence-electron chi connectivity index (χ2n) is 4.19. The SMILES string of the molecule is CC(C)Cc1cc([N+](=O)[O-])ccc1S(N)(=O)=O.Cl. The monoisotopic (exact) mass is 294 g/mol. The number of nitrogens with two attached hydrogens (primary N) is 1. The summed E-state index contributed by atoms with van der Waals surface area (Å²) in [6.07, 6.45) is 0.424. The largest absolute Gasteiger partial charge is 0.269 e. The number of sulfonamides is 1. The van der Waals surface area contributed by atoms with Crippen molar-refractivity contribution in [3.8, 4) is 0 Å². The van der Waals surface area contributed by atoms with Gasteiger partial charge < -0.3 is 0 Å². The van der Waals surface area contributed by atoms with Crippen molar-refractivity contribution in [2.24, 2.45) is 11.1 Å². The Morgan fingerprint density at radius 1 is 1.39 bits per heavy atom. The zero-order valence-electron chi connectivity index (χ0n) is 9.99. The van der Waals surface area contributed by atoms with Crippen molar-refractivity contribution in [3.05, 3.63) is 33.9 Å². The highest BCUT2D eigenvalue weighted by molar-refractivity contribution is 7.89. The number of benzene rings is 1. The number of non-ortho nitro benzene ring substituents is 1. The van der Waals surface area contributed by atoms with Crippen molar-refractivity contribution in [3.63, 3.8) is 0 Å². The van der Waals surface area contributed by atoms with Crippen molar-refractivity contribution in [1.29, 1.82) is 0 Å². The number of hydrogen-bond donors (Lipinski definition) is 1. The van der Waals surface area contributed by atoms with Crippen LogP contribution in [0, 0.1) is 16.0 Å². The van der Waals surface area contributed by atoms with Crippen molar-refractivity contribution in [2.45, 2.75) is 25.2 Å². The molecule has 0 spiro atoms. The molecule has 0 aliphatic rings. The lowest BCUT2D eigenvalue weighted by molar-refractivity contribution is -0.385. The second kappa shape index (κ2) is 6.12. The molecule has 1 aromatic carbocycles. The minimum absolute atomic E-state index is 0. The molecule has 1 rings (SSSR count). The molecule has 0 aromatic heterocycles. The summed E-state index contributed by atoms with van der Waals surface area (Å²) in [4.78, 5) is 10.0. The molecule has 18 heavy (non-hydrogen) atoms. The van der Waals surface area contributed by atoms with E-state index >= 15 is 0 Å². The first-order valence-corrected chi connectivity index (χ1v) is 6.56. The minimum atomic E-state index is -3.84. The lowest BCUT2D eigenvalue weighted by Gasteiger charge is -2.09. The van der Waals surface area contributed by atoms with E-state index in [0.717, 1.165) is 6.07 Å². The lowest BCUT2D eigenvalue weighted by atomic mass is 10.0. The smallest absolute Gasteiger partial charge is 0.258 e. The van der Waals surface area contributed by atoms with Gasteiger partial charge in [-0.3, -0.25) is 10.1 Å². The fourth-order valence-electron chi connectivity index (χ4n) is 1.56. The van der Waals surface area contributed by atoms with Crippen LogP contribution in [0.15, 0.2) is 23.1 Å². The molecule has 0 atom stereocenters. The highest BCUT2D eigenvalue weighted by Crippen LogP contribution is 2.23. The van der Waals surface area contributed by atoms with Crippen LogP contribution in [-0.4, -0.2) is 13.3 Å². The van der Waals surface area contributed by atoms with Gasteiger partial charge in [0.1, 0.15) is 0 Å². The van der Waals surface area contributed by atoms with Gasteiger partial charge in [-0.25, -0.2) is 13.6 Å². The molecule has 0 bridgehead atoms. The number of halogens is 1. The van der Waals surface area contributed by atoms with Crippen LogP contribution >= 0.6 is 12.4 Å². The molecular weight excluding hydrogens is 280 g/mol. The molecule has 0 heterocycles. The topological polar surface area (TPSA) is 103 Å². The number of nitro benzene ring substituents is 1. The van der Waals surface area contributed by atoms with Crippen LogP contribution in [0.4, 0.5) is 5.69 Å². The van der Waals surface area contributed by atoms with Crippen LogP contribution in [0.2, 0.25) is 0 Å². The number of primary sulfonamides is 1. The average Bonchev–Trinajstić information content (AvgIpc) is 2.14. The zero-order valence-corrected chi connectivity index (χ0v) is 11.6. The van der Waals surface area contributed by atoms with E-state index in [4.69, 9.17) is 5.14 Å². The van der Waals surface area contributed by atoms with E-state index < -0.39 is 14.9 Å². The summed E-state index contributed by atoms with van der Waals surface area (Å²) in [5, 5.41) is 15.7. The van der Waals surface area contributed by atoms with Crippen molar-refractivity contribution in [2.75, 3.05) is 0 Å². The van der Waals surface area contributed by atoms with Gasteiger partial charge in [0.2, 0.25) is 10.0 Å². The van der Waals surface area contributed by atoms with Crippen LogP contribution in [0.1, 0.15) is 19.4 Å². The van der Waals surface area contributed by atoms with Crippen LogP contribution in [0.3, 0.4) is 0 Å². The first-order chi connectivity index (χ1) is 7.71. The fourth-order valence-corrected chi connectivity index (χ4v) is 2.32. The highest BCUT2D eigenvalue weighted by Gasteiger charge is 2.18. The maximum absolute atomic E-state index is 11.3. The molecule has 2 N–H and O–H groups in total. The molecular formula is C10H15ClN2O4S. The second-order valence-corrected chi connectivity index (χ2v) is 5.72. The molecule has 0 aliphatic carbocycles. The Bertz CT molecular complexity index is 543. The van der Waals surface area contributed by atoms with Gasteiger partial charge in [0.15, 0.2) is 0 Å². The Morgan fingerprint density at radius 3 is 2.33 bits per heavy atom. The Hall–Kier alpha value is -1.18. The summed E-state index contributed by atoms with van der Waals surface area (Å²) in [6, 6.07) is 3.59. The summed E-state index contributed by atoms with van der Waals surface area (Å²) in [5.41, 5.74) is 0.254. The summed E-state index contributed by atoms with van der Waals surface area (Å²) in [6.45, 7) is 3.79. The zero-order chi connectivity index (χ0) is 13.2. The van der Waals surface area contributed by atoms with Gasteiger partial charge in [0.25, 0.3) is 5.69 Å². The first-order valence-electron chi connectivity index (χ1n) is 5.02. The van der Waals surface area contributed by atoms with Gasteiger partial charge in [-0.1, -0.05) is 13.8 Å². The molecule has 1 aromatic rings. The fraction of sp³-hybridized carbons (Fsp3) is 0.400. The molecule has 102 valence electrons. The van der Waals surface area contributed by atoms with E-state index in [9.17, 15) is 18.5 Å². The number of nitrogens with zero attached hydrogens (tertiary/aromatic N) is 1. The Kier molecular flexibility index (Phi) is 5.72. The van der Waals surface area contributed by atoms with E-state index in [1.807, 2.05) is 13.8 Å². The third-order valence-electron chi connectivity index (χ3n) is 2.19. The van der Waals surface area contributed by atoms with Crippen LogP contribution in [0.5, 0.6) is 0 Å². The van der Waals surface area contributed by atoms with Gasteiger partial charge >= 0.3 is 0 Å². The quantitative estimate of drug-likeness (QED) is 0.676. The van der Waals surface area contributed by atoms with Crippen LogP contribution in [-0.2, 0) is 16.4 Å². The van der Waals surface area contributed by atoms with Gasteiger partial charge in [-0.05, 0) is 24.0 Å². The van der Waals surface area contributed by atoms with Crippen molar-refractivity contribution >= 4 is 28.1 Å². The van der Waals surface area contributed by atoms with E-state index in [1.165, 1.54) is 12.1 Å². The molecule has 0 saturated heterocycles. The van der Waals surface area contributed by atoms with E-state index in [1.54, 1.807) is 0 Å². The summed E-state index contributed by atoms with van der Waals surface area (Å²) < 4.78 is 22.6. The first kappa shape index (κ1) is 16.8. The standard InChI is InChI=1S/C10H14N2O4S.ClH/c1-7(2)5-8-6-9(12(13)14)3-4-10(8)17(11,15)16;/h3-4,6-7H,5H2,1-2H3,(H2,11,15,16);1H. The van der Waals surface area contributed by atoms with Crippen molar-refractivity contribution < 1.29 is 13.3 Å². The van der Waals surface area contributed by atoms with Crippen LogP contribution in [0.25, 0.3) is 0 Å². The molecule has 0 amide bonds. The maximum Gasteiger partial charge on any atom is 0.269 e. The molecule has 0 unspecified atom stereocenters. The highest BCUT2D eigenvalue weighted by atomic mass is 35.5. The van der Waals surface area contributed by atoms with Gasteiger partial charge in [-0.2, -0.15) is 0 Å². The summed E-state index contributed by atoms with van der Waals surface area (Å²) >= 11 is 0. The average molecular weight is 295 g/mol. The molecule has 0 fully saturated rings. The Balaban J connectivity index is 0.00000289. The normalized spacial score (nSPS) is 11.1. The predicted octanol–water partition coefficient (Wildman–Crippen LogP) is 1.86. The minimum Gasteiger partial charge on any atom is -0.258 e.